The molecule has 0 aliphatic carbocycles. The van der Waals surface area contributed by atoms with E-state index in [9.17, 15) is 0 Å². The van der Waals surface area contributed by atoms with E-state index < -0.39 is 0 Å². The van der Waals surface area contributed by atoms with Crippen LogP contribution >= 0.6 is 0 Å². The lowest BCUT2D eigenvalue weighted by molar-refractivity contribution is 0.961. The number of nitrogens with one attached hydrogen (secondary N) is 1. The van der Waals surface area contributed by atoms with Gasteiger partial charge in [-0.2, -0.15) is 0 Å². The molecule has 0 atom stereocenters. The minimum Gasteiger partial charge on any atom is -0.369 e. The Balaban J connectivity index is 2.11. The maximum atomic E-state index is 4.49. The van der Waals surface area contributed by atoms with E-state index in [1.54, 1.807) is 0 Å². The van der Waals surface area contributed by atoms with E-state index in [1.165, 1.54) is 22.3 Å². The molecule has 2 nitrogen and oxygen atoms in total. The smallest absolute Gasteiger partial charge is 0.121 e. The van der Waals surface area contributed by atoms with Crippen molar-refractivity contribution < 1.29 is 0 Å². The topological polar surface area (TPSA) is 24.4 Å². The Morgan fingerprint density at radius 3 is 2.50 bits per heavy atom. The lowest BCUT2D eigenvalue weighted by Gasteiger charge is -2.11. The molecule has 1 aliphatic heterocycles. The summed E-state index contributed by atoms with van der Waals surface area (Å²) in [5.41, 5.74) is 4.98. The van der Waals surface area contributed by atoms with E-state index in [0.717, 1.165) is 18.9 Å². The summed E-state index contributed by atoms with van der Waals surface area (Å²) in [6.07, 6.45) is 2.16. The maximum absolute atomic E-state index is 4.49. The third kappa shape index (κ3) is 2.64. The molecule has 0 amide bonds. The van der Waals surface area contributed by atoms with Crippen LogP contribution in [0.15, 0.2) is 65.7 Å². The van der Waals surface area contributed by atoms with Crippen molar-refractivity contribution in [3.63, 3.8) is 0 Å². The van der Waals surface area contributed by atoms with Gasteiger partial charge in [-0.05, 0) is 35.3 Å². The first kappa shape index (κ1) is 12.7. The monoisotopic (exact) mass is 262 g/mol. The molecular formula is C18H18N2. The molecule has 0 aromatic heterocycles. The summed E-state index contributed by atoms with van der Waals surface area (Å²) in [7, 11) is 0. The van der Waals surface area contributed by atoms with Crippen molar-refractivity contribution in [3.05, 3.63) is 77.4 Å². The zero-order chi connectivity index (χ0) is 13.8. The maximum Gasteiger partial charge on any atom is 0.121 e. The van der Waals surface area contributed by atoms with Gasteiger partial charge in [-0.25, -0.2) is 0 Å². The van der Waals surface area contributed by atoms with Gasteiger partial charge in [0.25, 0.3) is 0 Å². The highest BCUT2D eigenvalue weighted by Crippen LogP contribution is 2.26. The van der Waals surface area contributed by atoms with Gasteiger partial charge in [-0.3, -0.25) is 4.99 Å². The standard InChI is InChI=1S/C18H18N2/c1-14-7-5-6-10-16(14)17(13-18-19-11-12-20-18)15-8-3-2-4-9-15/h2-10,13H,11-12H2,1H3,(H,19,20)/b17-13-. The first-order valence-corrected chi connectivity index (χ1v) is 6.96. The average Bonchev–Trinajstić information content (AvgIpc) is 3.00. The van der Waals surface area contributed by atoms with Crippen LogP contribution in [0.4, 0.5) is 0 Å². The normalized spacial score (nSPS) is 14.8. The van der Waals surface area contributed by atoms with Crippen molar-refractivity contribution in [2.75, 3.05) is 13.1 Å². The van der Waals surface area contributed by atoms with Crippen LogP contribution in [0.5, 0.6) is 0 Å². The fraction of sp³-hybridized carbons (Fsp3) is 0.167. The third-order valence-electron chi connectivity index (χ3n) is 3.50. The summed E-state index contributed by atoms with van der Waals surface area (Å²) in [5.74, 6) is 0.979. The fourth-order valence-electron chi connectivity index (χ4n) is 2.46. The lowest BCUT2D eigenvalue weighted by atomic mass is 9.94. The largest absolute Gasteiger partial charge is 0.369 e. The predicted molar refractivity (Wildman–Crippen MR) is 85.0 cm³/mol. The Morgan fingerprint density at radius 1 is 1.05 bits per heavy atom. The summed E-state index contributed by atoms with van der Waals surface area (Å²) in [4.78, 5) is 4.49. The Bertz CT molecular complexity index is 654. The second kappa shape index (κ2) is 5.74. The van der Waals surface area contributed by atoms with E-state index in [0.29, 0.717) is 0 Å². The van der Waals surface area contributed by atoms with Crippen molar-refractivity contribution in [2.45, 2.75) is 6.92 Å². The summed E-state index contributed by atoms with van der Waals surface area (Å²) < 4.78 is 0. The zero-order valence-corrected chi connectivity index (χ0v) is 11.6. The number of aliphatic imine (C=N–C) groups is 1. The minimum absolute atomic E-state index is 0.863. The van der Waals surface area contributed by atoms with E-state index in [-0.39, 0.29) is 0 Å². The molecule has 2 aromatic carbocycles. The minimum atomic E-state index is 0.863. The number of hydrogen-bond acceptors (Lipinski definition) is 2. The number of rotatable bonds is 3. The van der Waals surface area contributed by atoms with Crippen LogP contribution < -0.4 is 5.32 Å². The Hall–Kier alpha value is -2.35. The van der Waals surface area contributed by atoms with Crippen LogP contribution in [0.1, 0.15) is 16.7 Å². The zero-order valence-electron chi connectivity index (χ0n) is 11.6. The van der Waals surface area contributed by atoms with Crippen molar-refractivity contribution in [3.8, 4) is 0 Å². The van der Waals surface area contributed by atoms with Gasteiger partial charge in [-0.1, -0.05) is 54.6 Å². The molecule has 0 saturated heterocycles. The van der Waals surface area contributed by atoms with Crippen LogP contribution in [0.3, 0.4) is 0 Å². The van der Waals surface area contributed by atoms with Gasteiger partial charge in [-0.15, -0.1) is 0 Å². The summed E-state index contributed by atoms with van der Waals surface area (Å²) >= 11 is 0. The van der Waals surface area contributed by atoms with Gasteiger partial charge in [0.1, 0.15) is 5.84 Å². The van der Waals surface area contributed by atoms with Crippen LogP contribution in [-0.2, 0) is 0 Å². The first-order chi connectivity index (χ1) is 9.84. The molecule has 0 bridgehead atoms. The summed E-state index contributed by atoms with van der Waals surface area (Å²) in [6.45, 7) is 3.94. The first-order valence-electron chi connectivity index (χ1n) is 6.96. The molecule has 20 heavy (non-hydrogen) atoms. The van der Waals surface area contributed by atoms with Crippen LogP contribution in [0.25, 0.3) is 5.57 Å². The molecule has 1 heterocycles. The third-order valence-corrected chi connectivity index (χ3v) is 3.50. The number of hydrogen-bond donors (Lipinski definition) is 1. The van der Waals surface area contributed by atoms with Gasteiger partial charge in [0.15, 0.2) is 0 Å². The molecule has 1 N–H and O–H groups in total. The van der Waals surface area contributed by atoms with Crippen molar-refractivity contribution >= 4 is 11.4 Å². The molecule has 0 unspecified atom stereocenters. The van der Waals surface area contributed by atoms with Gasteiger partial charge in [0, 0.05) is 6.54 Å². The molecule has 2 heteroatoms. The van der Waals surface area contributed by atoms with Crippen LogP contribution in [0, 0.1) is 6.92 Å². The Morgan fingerprint density at radius 2 is 1.80 bits per heavy atom. The molecule has 2 aromatic rings. The van der Waals surface area contributed by atoms with E-state index >= 15 is 0 Å². The van der Waals surface area contributed by atoms with Gasteiger partial charge in [0.05, 0.1) is 6.54 Å². The quantitative estimate of drug-likeness (QED) is 0.900. The highest BCUT2D eigenvalue weighted by molar-refractivity contribution is 6.03. The van der Waals surface area contributed by atoms with Gasteiger partial charge >= 0.3 is 0 Å². The SMILES string of the molecule is Cc1ccccc1/C(=C\C1=NCCN1)c1ccccc1. The Kier molecular flexibility index (Phi) is 3.64. The van der Waals surface area contributed by atoms with E-state index in [2.05, 4.69) is 71.8 Å². The van der Waals surface area contributed by atoms with Crippen molar-refractivity contribution in [1.29, 1.82) is 0 Å². The van der Waals surface area contributed by atoms with Crippen molar-refractivity contribution in [2.24, 2.45) is 4.99 Å². The lowest BCUT2D eigenvalue weighted by Crippen LogP contribution is -2.16. The van der Waals surface area contributed by atoms with Crippen LogP contribution in [-0.4, -0.2) is 18.9 Å². The molecule has 0 spiro atoms. The number of amidine groups is 1. The number of aryl methyl sites for hydroxylation is 1. The molecule has 0 fully saturated rings. The average molecular weight is 262 g/mol. The molecule has 3 rings (SSSR count). The Labute approximate surface area is 119 Å². The molecule has 0 radical (unpaired) electrons. The van der Waals surface area contributed by atoms with Gasteiger partial charge in [0.2, 0.25) is 0 Å². The molecular weight excluding hydrogens is 244 g/mol. The molecule has 0 saturated carbocycles. The van der Waals surface area contributed by atoms with Crippen molar-refractivity contribution in [1.82, 2.24) is 5.32 Å². The van der Waals surface area contributed by atoms with Crippen LogP contribution in [0.2, 0.25) is 0 Å². The summed E-state index contributed by atoms with van der Waals surface area (Å²) in [5, 5.41) is 3.32. The van der Waals surface area contributed by atoms with E-state index in [1.807, 2.05) is 6.07 Å². The number of benzene rings is 2. The fourth-order valence-corrected chi connectivity index (χ4v) is 2.46. The molecule has 100 valence electrons. The highest BCUT2D eigenvalue weighted by Gasteiger charge is 2.10. The summed E-state index contributed by atoms with van der Waals surface area (Å²) in [6, 6.07) is 19.0. The molecule has 1 aliphatic rings. The predicted octanol–water partition coefficient (Wildman–Crippen LogP) is 3.43. The highest BCUT2D eigenvalue weighted by atomic mass is 15.1. The second-order valence-electron chi connectivity index (χ2n) is 4.93. The van der Waals surface area contributed by atoms with E-state index in [4.69, 9.17) is 0 Å². The van der Waals surface area contributed by atoms with Gasteiger partial charge < -0.3 is 5.32 Å². The second-order valence-corrected chi connectivity index (χ2v) is 4.93. The number of nitrogens with zero attached hydrogens (tertiary/aromatic N) is 1.